The third-order valence-corrected chi connectivity index (χ3v) is 15.6. The summed E-state index contributed by atoms with van der Waals surface area (Å²) in [5.41, 5.74) is 6.41. The lowest BCUT2D eigenvalue weighted by Crippen LogP contribution is -2.37. The van der Waals surface area contributed by atoms with E-state index >= 15 is 0 Å². The molecule has 8 aromatic rings. The highest BCUT2D eigenvalue weighted by Crippen LogP contribution is 2.56. The van der Waals surface area contributed by atoms with Crippen molar-refractivity contribution in [2.45, 2.75) is 58.5 Å². The van der Waals surface area contributed by atoms with Gasteiger partial charge in [-0.3, -0.25) is 0 Å². The number of rotatable bonds is 8. The van der Waals surface area contributed by atoms with Crippen LogP contribution in [0.3, 0.4) is 0 Å². The molecule has 282 valence electrons. The fourth-order valence-electron chi connectivity index (χ4n) is 8.53. The maximum absolute atomic E-state index is 9.11. The first-order chi connectivity index (χ1) is 31.4. The Bertz CT molecular complexity index is 3300. The number of anilines is 6. The molecule has 1 aliphatic carbocycles. The van der Waals surface area contributed by atoms with E-state index in [-0.39, 0.29) is 35.5 Å². The van der Waals surface area contributed by atoms with Crippen LogP contribution < -0.4 is 20.2 Å². The predicted molar refractivity (Wildman–Crippen MR) is 254 cm³/mol. The Morgan fingerprint density at radius 3 is 1.40 bits per heavy atom. The molecule has 0 atom stereocenters. The molecule has 4 heteroatoms. The first kappa shape index (κ1) is 27.0. The van der Waals surface area contributed by atoms with Crippen molar-refractivity contribution in [3.05, 3.63) is 181 Å². The zero-order valence-electron chi connectivity index (χ0n) is 43.8. The summed E-state index contributed by atoms with van der Waals surface area (Å²) in [6.07, 6.45) is 0. The molecule has 0 radical (unpaired) electrons. The van der Waals surface area contributed by atoms with Gasteiger partial charge in [-0.05, 0) is 116 Å². The number of hydrogen-bond donors (Lipinski definition) is 0. The summed E-state index contributed by atoms with van der Waals surface area (Å²) in [4.78, 5) is 3.57. The van der Waals surface area contributed by atoms with Crippen molar-refractivity contribution in [2.75, 3.05) is 9.80 Å². The van der Waals surface area contributed by atoms with Crippen LogP contribution in [0.2, 0.25) is 39.3 Å². The largest absolute Gasteiger partial charge is 0.310 e. The minimum Gasteiger partial charge on any atom is -0.310 e. The van der Waals surface area contributed by atoms with Gasteiger partial charge in [-0.25, -0.2) is 0 Å². The van der Waals surface area contributed by atoms with E-state index in [0.717, 1.165) is 43.8 Å². The summed E-state index contributed by atoms with van der Waals surface area (Å²) in [7, 11) is -3.39. The van der Waals surface area contributed by atoms with E-state index in [2.05, 4.69) is 114 Å². The zero-order valence-corrected chi connectivity index (χ0v) is 35.8. The van der Waals surface area contributed by atoms with Crippen LogP contribution in [0.4, 0.5) is 34.1 Å². The van der Waals surface area contributed by atoms with Crippen LogP contribution in [0.5, 0.6) is 0 Å². The molecule has 0 bridgehead atoms. The van der Waals surface area contributed by atoms with Crippen molar-refractivity contribution in [1.82, 2.24) is 0 Å². The molecule has 0 amide bonds. The van der Waals surface area contributed by atoms with Crippen LogP contribution in [-0.4, -0.2) is 16.1 Å². The second kappa shape index (κ2) is 13.8. The van der Waals surface area contributed by atoms with E-state index < -0.39 is 57.8 Å². The second-order valence-corrected chi connectivity index (χ2v) is 27.7. The minimum atomic E-state index is -1.70. The summed E-state index contributed by atoms with van der Waals surface area (Å²) < 4.78 is 87.8. The first-order valence-electron chi connectivity index (χ1n) is 24.5. The quantitative estimate of drug-likeness (QED) is 0.112. The molecule has 9 rings (SSSR count). The number of nitrogens with zero attached hydrogens (tertiary/aromatic N) is 2. The molecule has 8 aromatic carbocycles. The van der Waals surface area contributed by atoms with E-state index in [1.54, 1.807) is 9.80 Å². The van der Waals surface area contributed by atoms with Gasteiger partial charge in [-0.1, -0.05) is 160 Å². The summed E-state index contributed by atoms with van der Waals surface area (Å²) in [5.74, 6) is 0. The molecular weight excluding hydrogens is 721 g/mol. The van der Waals surface area contributed by atoms with E-state index in [1.165, 1.54) is 10.4 Å². The lowest BCUT2D eigenvalue weighted by molar-refractivity contribution is 0.666. The van der Waals surface area contributed by atoms with Gasteiger partial charge in [0.15, 0.2) is 0 Å². The Labute approximate surface area is 355 Å². The Morgan fingerprint density at radius 2 is 0.895 bits per heavy atom. The smallest absolute Gasteiger partial charge is 0.0775 e. The molecular formula is C53H52N2Si2. The Morgan fingerprint density at radius 1 is 0.439 bits per heavy atom. The lowest BCUT2D eigenvalue weighted by atomic mass is 9.79. The van der Waals surface area contributed by atoms with E-state index in [0.29, 0.717) is 22.7 Å². The molecule has 1 aliphatic rings. The van der Waals surface area contributed by atoms with Gasteiger partial charge < -0.3 is 9.80 Å². The Kier molecular flexibility index (Phi) is 6.52. The molecule has 0 heterocycles. The fraction of sp³-hybridized carbons (Fsp3) is 0.170. The molecule has 0 saturated carbocycles. The maximum atomic E-state index is 9.11. The van der Waals surface area contributed by atoms with Crippen molar-refractivity contribution in [3.8, 4) is 11.1 Å². The predicted octanol–water partition coefficient (Wildman–Crippen LogP) is 14.3. The lowest BCUT2D eigenvalue weighted by Gasteiger charge is -2.29. The highest BCUT2D eigenvalue weighted by molar-refractivity contribution is 6.89. The first-order valence-corrected chi connectivity index (χ1v) is 26.5. The summed E-state index contributed by atoms with van der Waals surface area (Å²) >= 11 is 0. The summed E-state index contributed by atoms with van der Waals surface area (Å²) in [6.45, 7) is 18.0. The number of para-hydroxylation sites is 2. The highest BCUT2D eigenvalue weighted by atomic mass is 28.3. The van der Waals surface area contributed by atoms with Crippen LogP contribution in [0.25, 0.3) is 32.7 Å². The average Bonchev–Trinajstić information content (AvgIpc) is 3.54. The van der Waals surface area contributed by atoms with Gasteiger partial charge >= 0.3 is 0 Å². The van der Waals surface area contributed by atoms with E-state index in [1.807, 2.05) is 48.5 Å². The number of hydrogen-bond acceptors (Lipinski definition) is 2. The molecule has 0 N–H and O–H groups in total. The molecule has 0 saturated heterocycles. The third-order valence-electron chi connectivity index (χ3n) is 11.5. The number of benzene rings is 8. The van der Waals surface area contributed by atoms with Crippen molar-refractivity contribution in [3.63, 3.8) is 0 Å². The van der Waals surface area contributed by atoms with Gasteiger partial charge in [0.05, 0.1) is 29.9 Å². The monoisotopic (exact) mass is 782 g/mol. The average molecular weight is 783 g/mol. The van der Waals surface area contributed by atoms with Crippen molar-refractivity contribution >= 4 is 82.2 Å². The molecule has 2 nitrogen and oxygen atoms in total. The van der Waals surface area contributed by atoms with Gasteiger partial charge in [0.25, 0.3) is 0 Å². The zero-order chi connectivity index (χ0) is 48.4. The molecule has 0 spiro atoms. The maximum Gasteiger partial charge on any atom is 0.0775 e. The Hall–Kier alpha value is -5.69. The van der Waals surface area contributed by atoms with Gasteiger partial charge in [0.2, 0.25) is 0 Å². The van der Waals surface area contributed by atoms with E-state index in [9.17, 15) is 0 Å². The van der Waals surface area contributed by atoms with Crippen LogP contribution in [0, 0.1) is 0 Å². The van der Waals surface area contributed by atoms with Crippen molar-refractivity contribution in [1.29, 1.82) is 0 Å². The van der Waals surface area contributed by atoms with Crippen LogP contribution in [0.1, 0.15) is 38.7 Å². The standard InChI is InChI=1S/C53H52N2Si2/c1-53(2)50-36-42(55(38-19-13-10-14-20-38)40-25-31-44(32-26-40)57(6,7)8)28-34-48(50)51-46-22-16-15-21-45(46)49-35-41(27-33-47(49)52(51)53)54(37-17-11-9-12-18-37)39-23-29-43(30-24-39)56(3,4)5/h9-36H,1-8H3/i9D,10D,11D,12D,13D,14D,17D,18D,19D,20D. The molecule has 57 heavy (non-hydrogen) atoms. The summed E-state index contributed by atoms with van der Waals surface area (Å²) in [5, 5.41) is 6.43. The van der Waals surface area contributed by atoms with Crippen LogP contribution >= 0.6 is 0 Å². The van der Waals surface area contributed by atoms with Gasteiger partial charge in [-0.2, -0.15) is 0 Å². The molecule has 0 unspecified atom stereocenters. The molecule has 0 aliphatic heterocycles. The topological polar surface area (TPSA) is 6.48 Å². The van der Waals surface area contributed by atoms with Crippen LogP contribution in [0.15, 0.2) is 170 Å². The normalized spacial score (nSPS) is 15.9. The fourth-order valence-corrected chi connectivity index (χ4v) is 10.9. The van der Waals surface area contributed by atoms with Crippen molar-refractivity contribution in [2.24, 2.45) is 0 Å². The highest BCUT2D eigenvalue weighted by Gasteiger charge is 2.39. The van der Waals surface area contributed by atoms with Gasteiger partial charge in [0, 0.05) is 39.5 Å². The number of fused-ring (bicyclic) bond motifs is 8. The summed E-state index contributed by atoms with van der Waals surface area (Å²) in [6, 6.07) is 33.1. The van der Waals surface area contributed by atoms with E-state index in [4.69, 9.17) is 13.7 Å². The molecule has 0 aromatic heterocycles. The van der Waals surface area contributed by atoms with Gasteiger partial charge in [-0.15, -0.1) is 0 Å². The second-order valence-electron chi connectivity index (χ2n) is 17.6. The van der Waals surface area contributed by atoms with Crippen LogP contribution in [-0.2, 0) is 5.41 Å². The third kappa shape index (κ3) is 6.41. The van der Waals surface area contributed by atoms with Crippen molar-refractivity contribution < 1.29 is 13.7 Å². The minimum absolute atomic E-state index is 0.0654. The molecule has 0 fully saturated rings. The SMILES string of the molecule is [2H]c1c([2H])c([2H])c(N(c2ccc([Si](C)(C)C)cc2)c2ccc3c(c2)C(C)(C)c2c-3c3ccccc3c3cc(N(c4ccc([Si](C)(C)C)cc4)c4c([2H])c([2H])c([2H])c([2H])c4[2H])ccc23)c([2H])c1[2H]. The Balaban J connectivity index is 1.27. The van der Waals surface area contributed by atoms with Gasteiger partial charge in [0.1, 0.15) is 0 Å².